The normalized spacial score (nSPS) is 23.3. The molecule has 2 N–H and O–H groups in total. The fraction of sp³-hybridized carbons (Fsp3) is 0.471. The van der Waals surface area contributed by atoms with Crippen LogP contribution in [0.25, 0.3) is 0 Å². The number of hydrogen-bond donors (Lipinski definition) is 2. The number of epoxide rings is 1. The Kier molecular flexibility index (Phi) is 5.33. The summed E-state index contributed by atoms with van der Waals surface area (Å²) in [6, 6.07) is 6.82. The van der Waals surface area contributed by atoms with Gasteiger partial charge in [-0.25, -0.2) is 4.79 Å². The number of hydrogen-bond acceptors (Lipinski definition) is 5. The third-order valence-electron chi connectivity index (χ3n) is 4.51. The molecule has 0 saturated carbocycles. The van der Waals surface area contributed by atoms with Crippen LogP contribution in [0.3, 0.4) is 0 Å². The van der Waals surface area contributed by atoms with Gasteiger partial charge in [0.1, 0.15) is 6.04 Å². The van der Waals surface area contributed by atoms with Crippen molar-refractivity contribution in [2.24, 2.45) is 0 Å². The number of carbonyl (C=O) groups excluding carboxylic acids is 2. The quantitative estimate of drug-likeness (QED) is 0.713. The van der Waals surface area contributed by atoms with Crippen molar-refractivity contribution in [3.8, 4) is 0 Å². The van der Waals surface area contributed by atoms with Gasteiger partial charge in [0.25, 0.3) is 5.91 Å². The van der Waals surface area contributed by atoms with E-state index >= 15 is 0 Å². The molecule has 2 aliphatic heterocycles. The molecule has 0 aliphatic carbocycles. The van der Waals surface area contributed by atoms with Crippen molar-refractivity contribution < 1.29 is 24.2 Å². The van der Waals surface area contributed by atoms with Crippen LogP contribution < -0.4 is 10.2 Å². The highest BCUT2D eigenvalue weighted by atomic mass is 35.5. The number of anilines is 1. The molecular formula is C17H20ClN3O5. The van der Waals surface area contributed by atoms with E-state index in [0.29, 0.717) is 31.2 Å². The highest BCUT2D eigenvalue weighted by Crippen LogP contribution is 2.26. The third kappa shape index (κ3) is 3.91. The Bertz CT molecular complexity index is 720. The van der Waals surface area contributed by atoms with Gasteiger partial charge in [-0.05, 0) is 19.1 Å². The number of halogens is 1. The van der Waals surface area contributed by atoms with E-state index < -0.39 is 30.1 Å². The molecule has 2 heterocycles. The van der Waals surface area contributed by atoms with Crippen LogP contribution >= 0.6 is 11.6 Å². The Hall–Kier alpha value is -2.32. The number of amides is 2. The van der Waals surface area contributed by atoms with Gasteiger partial charge in [-0.2, -0.15) is 0 Å². The van der Waals surface area contributed by atoms with Crippen molar-refractivity contribution in [2.45, 2.75) is 25.2 Å². The molecule has 9 heteroatoms. The molecule has 0 aromatic heterocycles. The van der Waals surface area contributed by atoms with Crippen LogP contribution in [0.4, 0.5) is 5.69 Å². The molecule has 1 aromatic carbocycles. The molecule has 2 aliphatic rings. The van der Waals surface area contributed by atoms with E-state index in [9.17, 15) is 14.4 Å². The Balaban J connectivity index is 1.49. The lowest BCUT2D eigenvalue weighted by Gasteiger charge is -2.37. The minimum Gasteiger partial charge on any atom is -0.479 e. The smallest absolute Gasteiger partial charge is 0.336 e. The fourth-order valence-corrected chi connectivity index (χ4v) is 3.26. The lowest BCUT2D eigenvalue weighted by Crippen LogP contribution is -2.54. The van der Waals surface area contributed by atoms with Gasteiger partial charge >= 0.3 is 5.97 Å². The summed E-state index contributed by atoms with van der Waals surface area (Å²) in [6.45, 7) is 3.90. The van der Waals surface area contributed by atoms with Gasteiger partial charge in [0.05, 0.1) is 10.7 Å². The van der Waals surface area contributed by atoms with Gasteiger partial charge in [0.15, 0.2) is 12.2 Å². The highest BCUT2D eigenvalue weighted by molar-refractivity contribution is 6.33. The van der Waals surface area contributed by atoms with Crippen molar-refractivity contribution in [3.63, 3.8) is 0 Å². The van der Waals surface area contributed by atoms with E-state index in [2.05, 4.69) is 10.2 Å². The van der Waals surface area contributed by atoms with E-state index in [1.54, 1.807) is 11.8 Å². The number of para-hydroxylation sites is 1. The summed E-state index contributed by atoms with van der Waals surface area (Å²) in [4.78, 5) is 38.9. The standard InChI is InChI=1S/C17H20ClN3O5/c1-10(19-15(22)13-14(26-13)17(24)25)16(23)21-8-6-20(7-9-21)12-5-3-2-4-11(12)18/h2-5,10,13-14H,6-9H2,1H3,(H,19,22)(H,24,25). The lowest BCUT2D eigenvalue weighted by molar-refractivity contribution is -0.138. The number of benzene rings is 1. The van der Waals surface area contributed by atoms with Gasteiger partial charge in [-0.15, -0.1) is 0 Å². The zero-order valence-electron chi connectivity index (χ0n) is 14.2. The monoisotopic (exact) mass is 381 g/mol. The summed E-state index contributed by atoms with van der Waals surface area (Å²) >= 11 is 6.21. The summed E-state index contributed by atoms with van der Waals surface area (Å²) in [5.74, 6) is -1.96. The summed E-state index contributed by atoms with van der Waals surface area (Å²) in [5.41, 5.74) is 0.938. The van der Waals surface area contributed by atoms with E-state index in [1.165, 1.54) is 0 Å². The fourth-order valence-electron chi connectivity index (χ4n) is 3.01. The van der Waals surface area contributed by atoms with Gasteiger partial charge < -0.3 is 25.0 Å². The van der Waals surface area contributed by atoms with Crippen molar-refractivity contribution in [3.05, 3.63) is 29.3 Å². The van der Waals surface area contributed by atoms with Crippen molar-refractivity contribution in [2.75, 3.05) is 31.1 Å². The van der Waals surface area contributed by atoms with Crippen LogP contribution in [-0.4, -0.2) is 72.2 Å². The van der Waals surface area contributed by atoms with Crippen molar-refractivity contribution in [1.29, 1.82) is 0 Å². The van der Waals surface area contributed by atoms with Gasteiger partial charge in [-0.1, -0.05) is 23.7 Å². The SMILES string of the molecule is CC(NC(=O)C1OC1C(=O)O)C(=O)N1CCN(c2ccccc2Cl)CC1. The van der Waals surface area contributed by atoms with Crippen molar-refractivity contribution in [1.82, 2.24) is 10.2 Å². The average molecular weight is 382 g/mol. The topological polar surface area (TPSA) is 102 Å². The summed E-state index contributed by atoms with van der Waals surface area (Å²) in [6.07, 6.45) is -2.13. The molecule has 8 nitrogen and oxygen atoms in total. The molecule has 3 rings (SSSR count). The molecule has 3 atom stereocenters. The molecule has 1 aromatic rings. The molecule has 2 amide bonds. The minimum absolute atomic E-state index is 0.204. The number of aliphatic carboxylic acids is 1. The highest BCUT2D eigenvalue weighted by Gasteiger charge is 2.51. The molecule has 26 heavy (non-hydrogen) atoms. The van der Waals surface area contributed by atoms with E-state index in [-0.39, 0.29) is 5.91 Å². The number of carboxylic acids is 1. The first-order chi connectivity index (χ1) is 12.4. The van der Waals surface area contributed by atoms with Crippen LogP contribution in [0.5, 0.6) is 0 Å². The first-order valence-corrected chi connectivity index (χ1v) is 8.73. The number of nitrogens with zero attached hydrogens (tertiary/aromatic N) is 2. The maximum absolute atomic E-state index is 12.5. The lowest BCUT2D eigenvalue weighted by atomic mass is 10.2. The number of nitrogens with one attached hydrogen (secondary N) is 1. The molecule has 2 saturated heterocycles. The minimum atomic E-state index is -1.18. The zero-order chi connectivity index (χ0) is 18.8. The van der Waals surface area contributed by atoms with Crippen LogP contribution in [0.15, 0.2) is 24.3 Å². The van der Waals surface area contributed by atoms with Crippen LogP contribution in [0.2, 0.25) is 5.02 Å². The first kappa shape index (κ1) is 18.5. The average Bonchev–Trinajstić information content (AvgIpc) is 3.43. The number of piperazine rings is 1. The van der Waals surface area contributed by atoms with Crippen molar-refractivity contribution >= 4 is 35.1 Å². The maximum Gasteiger partial charge on any atom is 0.336 e. The molecular weight excluding hydrogens is 362 g/mol. The molecule has 2 fully saturated rings. The van der Waals surface area contributed by atoms with Gasteiger partial charge in [0.2, 0.25) is 5.91 Å². The second-order valence-corrected chi connectivity index (χ2v) is 6.72. The van der Waals surface area contributed by atoms with E-state index in [1.807, 2.05) is 24.3 Å². The third-order valence-corrected chi connectivity index (χ3v) is 4.83. The number of carboxylic acid groups (broad SMARTS) is 1. The predicted molar refractivity (Wildman–Crippen MR) is 94.1 cm³/mol. The molecule has 140 valence electrons. The zero-order valence-corrected chi connectivity index (χ0v) is 15.0. The molecule has 3 unspecified atom stereocenters. The summed E-state index contributed by atoms with van der Waals surface area (Å²) in [5, 5.41) is 12.0. The van der Waals surface area contributed by atoms with E-state index in [4.69, 9.17) is 21.4 Å². The second kappa shape index (κ2) is 7.51. The van der Waals surface area contributed by atoms with Gasteiger partial charge in [0, 0.05) is 26.2 Å². The number of carbonyl (C=O) groups is 3. The Morgan fingerprint density at radius 1 is 1.19 bits per heavy atom. The summed E-state index contributed by atoms with van der Waals surface area (Å²) < 4.78 is 4.78. The Morgan fingerprint density at radius 2 is 1.85 bits per heavy atom. The molecule has 0 spiro atoms. The number of ether oxygens (including phenoxy) is 1. The van der Waals surface area contributed by atoms with Crippen LogP contribution in [0, 0.1) is 0 Å². The molecule has 0 bridgehead atoms. The van der Waals surface area contributed by atoms with Crippen LogP contribution in [0.1, 0.15) is 6.92 Å². The largest absolute Gasteiger partial charge is 0.479 e. The molecule has 0 radical (unpaired) electrons. The summed E-state index contributed by atoms with van der Waals surface area (Å²) in [7, 11) is 0. The van der Waals surface area contributed by atoms with E-state index in [0.717, 1.165) is 5.69 Å². The predicted octanol–water partition coefficient (Wildman–Crippen LogP) is 0.345. The number of rotatable bonds is 5. The van der Waals surface area contributed by atoms with Gasteiger partial charge in [-0.3, -0.25) is 9.59 Å². The first-order valence-electron chi connectivity index (χ1n) is 8.35. The van der Waals surface area contributed by atoms with Crippen LogP contribution in [-0.2, 0) is 19.1 Å². The Morgan fingerprint density at radius 3 is 2.42 bits per heavy atom. The maximum atomic E-state index is 12.5. The Labute approximate surface area is 155 Å². The second-order valence-electron chi connectivity index (χ2n) is 6.31.